The number of esters is 1. The second kappa shape index (κ2) is 6.13. The fraction of sp³-hybridized carbons (Fsp3) is 0.500. The van der Waals surface area contributed by atoms with Crippen LogP contribution in [0.3, 0.4) is 0 Å². The minimum atomic E-state index is -0.733. The highest BCUT2D eigenvalue weighted by Gasteiger charge is 2.67. The molecule has 26 heavy (non-hydrogen) atoms. The molecule has 0 radical (unpaired) electrons. The number of ether oxygens (including phenoxy) is 3. The molecule has 0 aliphatic carbocycles. The van der Waals surface area contributed by atoms with Crippen LogP contribution < -0.4 is 9.64 Å². The third-order valence-corrected chi connectivity index (χ3v) is 5.32. The number of benzene rings is 1. The summed E-state index contributed by atoms with van der Waals surface area (Å²) in [6.07, 6.45) is 3.46. The van der Waals surface area contributed by atoms with E-state index in [4.69, 9.17) is 14.2 Å². The Balaban J connectivity index is 1.59. The van der Waals surface area contributed by atoms with Crippen molar-refractivity contribution >= 4 is 17.6 Å². The molecular weight excluding hydrogens is 334 g/mol. The van der Waals surface area contributed by atoms with Crippen molar-refractivity contribution < 1.29 is 23.8 Å². The van der Waals surface area contributed by atoms with E-state index in [0.29, 0.717) is 13.2 Å². The lowest BCUT2D eigenvalue weighted by Crippen LogP contribution is -2.40. The van der Waals surface area contributed by atoms with E-state index < -0.39 is 17.4 Å². The molecule has 138 valence electrons. The number of methoxy groups -OCH3 is 1. The van der Waals surface area contributed by atoms with E-state index in [0.717, 1.165) is 11.4 Å². The van der Waals surface area contributed by atoms with Crippen LogP contribution in [0.4, 0.5) is 5.69 Å². The lowest BCUT2D eigenvalue weighted by molar-refractivity contribution is -0.153. The molecule has 3 aliphatic rings. The summed E-state index contributed by atoms with van der Waals surface area (Å²) in [5, 5.41) is 0. The highest BCUT2D eigenvalue weighted by atomic mass is 16.6. The highest BCUT2D eigenvalue weighted by Crippen LogP contribution is 2.52. The van der Waals surface area contributed by atoms with Gasteiger partial charge in [-0.05, 0) is 30.2 Å². The van der Waals surface area contributed by atoms with Crippen LogP contribution in [-0.4, -0.2) is 43.8 Å². The van der Waals surface area contributed by atoms with Gasteiger partial charge < -0.3 is 19.1 Å². The van der Waals surface area contributed by atoms with Gasteiger partial charge in [0, 0.05) is 5.69 Å². The van der Waals surface area contributed by atoms with E-state index in [1.807, 2.05) is 50.3 Å². The molecular formula is C20H23NO5. The second-order valence-corrected chi connectivity index (χ2v) is 7.55. The maximum atomic E-state index is 13.2. The van der Waals surface area contributed by atoms with Crippen molar-refractivity contribution in [3.05, 3.63) is 36.4 Å². The first-order chi connectivity index (χ1) is 12.4. The van der Waals surface area contributed by atoms with E-state index in [1.165, 1.54) is 0 Å². The highest BCUT2D eigenvalue weighted by molar-refractivity contribution is 6.02. The molecule has 4 rings (SSSR count). The van der Waals surface area contributed by atoms with E-state index >= 15 is 0 Å². The first-order valence-electron chi connectivity index (χ1n) is 8.94. The quantitative estimate of drug-likeness (QED) is 0.597. The molecule has 1 aromatic carbocycles. The minimum Gasteiger partial charge on any atom is -0.497 e. The minimum absolute atomic E-state index is 0.0893. The van der Waals surface area contributed by atoms with Gasteiger partial charge in [0.2, 0.25) is 5.91 Å². The standard InChI is InChI=1S/C20H23NO5/c1-12(2)10-25-19(23)16-15-8-9-20(26-15)11-21(18(22)17(16)20)13-4-6-14(24-3)7-5-13/h4-9,12,15-17H,10-11H2,1-3H3/t15-,16+,17+,20-/m1/s1. The summed E-state index contributed by atoms with van der Waals surface area (Å²) in [6.45, 7) is 4.72. The summed E-state index contributed by atoms with van der Waals surface area (Å²) in [6, 6.07) is 7.32. The average molecular weight is 357 g/mol. The number of carbonyl (C=O) groups is 2. The number of fused-ring (bicyclic) bond motifs is 1. The molecule has 2 bridgehead atoms. The van der Waals surface area contributed by atoms with Crippen molar-refractivity contribution in [1.29, 1.82) is 0 Å². The summed E-state index contributed by atoms with van der Waals surface area (Å²) < 4.78 is 16.7. The summed E-state index contributed by atoms with van der Waals surface area (Å²) in [5.41, 5.74) is 0.0396. The zero-order valence-corrected chi connectivity index (χ0v) is 15.2. The van der Waals surface area contributed by atoms with Gasteiger partial charge in [-0.2, -0.15) is 0 Å². The van der Waals surface area contributed by atoms with Crippen LogP contribution in [0.2, 0.25) is 0 Å². The number of hydrogen-bond acceptors (Lipinski definition) is 5. The number of nitrogens with zero attached hydrogens (tertiary/aromatic N) is 1. The van der Waals surface area contributed by atoms with Crippen molar-refractivity contribution in [2.45, 2.75) is 25.6 Å². The maximum Gasteiger partial charge on any atom is 0.312 e. The fourth-order valence-electron chi connectivity index (χ4n) is 4.09. The molecule has 6 heteroatoms. The molecule has 0 aromatic heterocycles. The number of rotatable bonds is 5. The predicted octanol–water partition coefficient (Wildman–Crippen LogP) is 2.18. The van der Waals surface area contributed by atoms with Crippen molar-refractivity contribution in [3.63, 3.8) is 0 Å². The predicted molar refractivity (Wildman–Crippen MR) is 94.9 cm³/mol. The zero-order valence-electron chi connectivity index (χ0n) is 15.2. The number of hydrogen-bond donors (Lipinski definition) is 0. The lowest BCUT2D eigenvalue weighted by atomic mass is 9.77. The maximum absolute atomic E-state index is 13.2. The number of amides is 1. The molecule has 1 spiro atoms. The Kier molecular flexibility index (Phi) is 4.03. The van der Waals surface area contributed by atoms with Gasteiger partial charge in [0.1, 0.15) is 17.3 Å². The van der Waals surface area contributed by atoms with E-state index in [9.17, 15) is 9.59 Å². The topological polar surface area (TPSA) is 65.1 Å². The van der Waals surface area contributed by atoms with Crippen LogP contribution in [0.5, 0.6) is 5.75 Å². The number of anilines is 1. The second-order valence-electron chi connectivity index (χ2n) is 7.55. The van der Waals surface area contributed by atoms with Crippen molar-refractivity contribution in [2.75, 3.05) is 25.2 Å². The zero-order chi connectivity index (χ0) is 18.5. The van der Waals surface area contributed by atoms with Crippen LogP contribution in [0.25, 0.3) is 0 Å². The van der Waals surface area contributed by atoms with Gasteiger partial charge >= 0.3 is 5.97 Å². The summed E-state index contributed by atoms with van der Waals surface area (Å²) in [5.74, 6) is -0.559. The summed E-state index contributed by atoms with van der Waals surface area (Å²) in [4.78, 5) is 27.5. The molecule has 6 nitrogen and oxygen atoms in total. The Morgan fingerprint density at radius 3 is 2.73 bits per heavy atom. The van der Waals surface area contributed by atoms with Gasteiger partial charge in [-0.3, -0.25) is 9.59 Å². The number of carbonyl (C=O) groups excluding carboxylic acids is 2. The Morgan fingerprint density at radius 1 is 1.35 bits per heavy atom. The third-order valence-electron chi connectivity index (χ3n) is 5.32. The van der Waals surface area contributed by atoms with Crippen LogP contribution in [0, 0.1) is 17.8 Å². The van der Waals surface area contributed by atoms with Gasteiger partial charge in [-0.1, -0.05) is 26.0 Å². The fourth-order valence-corrected chi connectivity index (χ4v) is 4.09. The van der Waals surface area contributed by atoms with Gasteiger partial charge in [-0.15, -0.1) is 0 Å². The molecule has 3 aliphatic heterocycles. The van der Waals surface area contributed by atoms with Gasteiger partial charge in [0.05, 0.1) is 32.3 Å². The molecule has 2 saturated heterocycles. The first-order valence-corrected chi connectivity index (χ1v) is 8.94. The smallest absolute Gasteiger partial charge is 0.312 e. The Morgan fingerprint density at radius 2 is 2.08 bits per heavy atom. The van der Waals surface area contributed by atoms with E-state index in [2.05, 4.69) is 0 Å². The van der Waals surface area contributed by atoms with Gasteiger partial charge in [0.15, 0.2) is 0 Å². The lowest BCUT2D eigenvalue weighted by Gasteiger charge is -2.23. The van der Waals surface area contributed by atoms with Crippen molar-refractivity contribution in [2.24, 2.45) is 17.8 Å². The van der Waals surface area contributed by atoms with Crippen molar-refractivity contribution in [3.8, 4) is 5.75 Å². The van der Waals surface area contributed by atoms with E-state index in [1.54, 1.807) is 12.0 Å². The Hall–Kier alpha value is -2.34. The molecule has 3 heterocycles. The van der Waals surface area contributed by atoms with Crippen LogP contribution in [-0.2, 0) is 19.1 Å². The first kappa shape index (κ1) is 17.1. The van der Waals surface area contributed by atoms with Gasteiger partial charge in [0.25, 0.3) is 0 Å². The average Bonchev–Trinajstić information content (AvgIpc) is 3.28. The summed E-state index contributed by atoms with van der Waals surface area (Å²) >= 11 is 0. The van der Waals surface area contributed by atoms with Crippen molar-refractivity contribution in [1.82, 2.24) is 0 Å². The Labute approximate surface area is 152 Å². The SMILES string of the molecule is COc1ccc(N2C[C@@]34C=C[C@@H](O3)[C@H](C(=O)OCC(C)C)[C@H]4C2=O)cc1. The molecule has 1 aromatic rings. The van der Waals surface area contributed by atoms with Crippen LogP contribution in [0.1, 0.15) is 13.8 Å². The molecule has 0 saturated carbocycles. The molecule has 0 unspecified atom stereocenters. The molecule has 0 N–H and O–H groups in total. The Bertz CT molecular complexity index is 756. The monoisotopic (exact) mass is 357 g/mol. The van der Waals surface area contributed by atoms with E-state index in [-0.39, 0.29) is 23.9 Å². The summed E-state index contributed by atoms with van der Waals surface area (Å²) in [7, 11) is 1.60. The van der Waals surface area contributed by atoms with Crippen LogP contribution >= 0.6 is 0 Å². The molecule has 2 fully saturated rings. The van der Waals surface area contributed by atoms with Crippen LogP contribution in [0.15, 0.2) is 36.4 Å². The molecule has 4 atom stereocenters. The molecule has 1 amide bonds. The third kappa shape index (κ3) is 2.51. The largest absolute Gasteiger partial charge is 0.497 e. The van der Waals surface area contributed by atoms with Gasteiger partial charge in [-0.25, -0.2) is 0 Å². The normalized spacial score (nSPS) is 31.6.